The molecule has 1 heterocycles. The second-order valence-electron chi connectivity index (χ2n) is 6.33. The van der Waals surface area contributed by atoms with E-state index < -0.39 is 0 Å². The molecule has 0 bridgehead atoms. The van der Waals surface area contributed by atoms with E-state index in [9.17, 15) is 4.79 Å². The number of amides is 1. The summed E-state index contributed by atoms with van der Waals surface area (Å²) >= 11 is 1.77. The number of guanidine groups is 1. The van der Waals surface area contributed by atoms with Crippen molar-refractivity contribution in [3.05, 3.63) is 22.4 Å². The van der Waals surface area contributed by atoms with Crippen molar-refractivity contribution in [2.24, 2.45) is 10.9 Å². The number of aliphatic imine (C=N–C) groups is 1. The van der Waals surface area contributed by atoms with Gasteiger partial charge < -0.3 is 20.7 Å². The van der Waals surface area contributed by atoms with Gasteiger partial charge in [0, 0.05) is 23.9 Å². The van der Waals surface area contributed by atoms with Crippen molar-refractivity contribution in [1.82, 2.24) is 16.0 Å². The zero-order valence-electron chi connectivity index (χ0n) is 15.8. The Morgan fingerprint density at radius 2 is 2.15 bits per heavy atom. The molecule has 0 aromatic carbocycles. The third-order valence-electron chi connectivity index (χ3n) is 4.16. The largest absolute Gasteiger partial charge is 0.450 e. The molecule has 1 saturated carbocycles. The second-order valence-corrected chi connectivity index (χ2v) is 7.30. The summed E-state index contributed by atoms with van der Waals surface area (Å²) in [5, 5.41) is 11.7. The van der Waals surface area contributed by atoms with E-state index in [4.69, 9.17) is 9.73 Å². The highest BCUT2D eigenvalue weighted by molar-refractivity contribution is 14.0. The van der Waals surface area contributed by atoms with Crippen LogP contribution in [0.1, 0.15) is 44.4 Å². The Labute approximate surface area is 177 Å². The summed E-state index contributed by atoms with van der Waals surface area (Å²) in [6, 6.07) is 4.31. The topological polar surface area (TPSA) is 74.8 Å². The van der Waals surface area contributed by atoms with Crippen molar-refractivity contribution in [2.75, 3.05) is 26.2 Å². The monoisotopic (exact) mass is 494 g/mol. The predicted molar refractivity (Wildman–Crippen MR) is 119 cm³/mol. The number of ether oxygens (including phenoxy) is 1. The van der Waals surface area contributed by atoms with E-state index in [0.717, 1.165) is 31.9 Å². The summed E-state index contributed by atoms with van der Waals surface area (Å²) in [6.07, 6.45) is 1.97. The van der Waals surface area contributed by atoms with Crippen molar-refractivity contribution in [3.8, 4) is 0 Å². The fourth-order valence-corrected chi connectivity index (χ4v) is 3.37. The molecule has 1 aromatic rings. The van der Waals surface area contributed by atoms with Gasteiger partial charge in [-0.25, -0.2) is 4.79 Å². The number of alkyl carbamates (subject to hydrolysis) is 1. The minimum Gasteiger partial charge on any atom is -0.450 e. The van der Waals surface area contributed by atoms with Crippen molar-refractivity contribution in [3.63, 3.8) is 0 Å². The first kappa shape index (κ1) is 23.0. The van der Waals surface area contributed by atoms with Crippen molar-refractivity contribution >= 4 is 47.4 Å². The Morgan fingerprint density at radius 1 is 1.38 bits per heavy atom. The number of rotatable bonds is 9. The van der Waals surface area contributed by atoms with Gasteiger partial charge in [-0.3, -0.25) is 4.99 Å². The van der Waals surface area contributed by atoms with Crippen LogP contribution in [0.25, 0.3) is 0 Å². The number of halogens is 1. The molecule has 8 heteroatoms. The number of nitrogens with zero attached hydrogens (tertiary/aromatic N) is 1. The molecule has 2 unspecified atom stereocenters. The van der Waals surface area contributed by atoms with Gasteiger partial charge in [0.25, 0.3) is 0 Å². The molecular weight excluding hydrogens is 463 g/mol. The normalized spacial score (nSPS) is 16.2. The molecule has 0 saturated heterocycles. The van der Waals surface area contributed by atoms with Gasteiger partial charge in [-0.2, -0.15) is 0 Å². The Balaban J connectivity index is 0.00000338. The third-order valence-corrected chi connectivity index (χ3v) is 5.26. The maximum absolute atomic E-state index is 11.7. The minimum absolute atomic E-state index is 0. The van der Waals surface area contributed by atoms with Gasteiger partial charge >= 0.3 is 6.09 Å². The lowest BCUT2D eigenvalue weighted by Crippen LogP contribution is -2.48. The molecule has 6 nitrogen and oxygen atoms in total. The molecule has 1 aliphatic rings. The lowest BCUT2D eigenvalue weighted by molar-refractivity contribution is 0.146. The lowest BCUT2D eigenvalue weighted by Gasteiger charge is -2.20. The third kappa shape index (κ3) is 8.11. The van der Waals surface area contributed by atoms with Crippen LogP contribution in [0.2, 0.25) is 0 Å². The summed E-state index contributed by atoms with van der Waals surface area (Å²) in [6.45, 7) is 8.63. The van der Waals surface area contributed by atoms with Gasteiger partial charge in [0.1, 0.15) is 0 Å². The smallest absolute Gasteiger partial charge is 0.407 e. The molecular formula is C18H31IN4O2S. The first-order valence-electron chi connectivity index (χ1n) is 9.12. The fraction of sp³-hybridized carbons (Fsp3) is 0.667. The number of hydrogen-bond acceptors (Lipinski definition) is 4. The average molecular weight is 494 g/mol. The van der Waals surface area contributed by atoms with E-state index in [1.54, 1.807) is 11.3 Å². The standard InChI is InChI=1S/C18H30N4O2S.HI/c1-4-19-17(20-11-13(3)16-7-6-10-25-16)21-12-15(14-8-9-14)22-18(23)24-5-2;/h6-7,10,13-15H,4-5,8-9,11-12H2,1-3H3,(H,22,23)(H2,19,20,21);1H. The van der Waals surface area contributed by atoms with Gasteiger partial charge in [-0.05, 0) is 44.1 Å². The molecule has 0 spiro atoms. The van der Waals surface area contributed by atoms with Gasteiger partial charge in [0.15, 0.2) is 5.96 Å². The lowest BCUT2D eigenvalue weighted by atomic mass is 10.1. The van der Waals surface area contributed by atoms with Crippen molar-refractivity contribution < 1.29 is 9.53 Å². The molecule has 1 amide bonds. The van der Waals surface area contributed by atoms with Crippen LogP contribution in [0.4, 0.5) is 4.79 Å². The van der Waals surface area contributed by atoms with Crippen LogP contribution in [0, 0.1) is 5.92 Å². The van der Waals surface area contributed by atoms with E-state index >= 15 is 0 Å². The van der Waals surface area contributed by atoms with Gasteiger partial charge in [0.05, 0.1) is 19.2 Å². The second kappa shape index (κ2) is 12.4. The van der Waals surface area contributed by atoms with Crippen LogP contribution in [-0.4, -0.2) is 44.3 Å². The maximum Gasteiger partial charge on any atom is 0.407 e. The Hall–Kier alpha value is -1.03. The molecule has 148 valence electrons. The van der Waals surface area contributed by atoms with Crippen molar-refractivity contribution in [2.45, 2.75) is 45.6 Å². The molecule has 3 N–H and O–H groups in total. The molecule has 1 aromatic heterocycles. The zero-order valence-corrected chi connectivity index (χ0v) is 18.9. The Bertz CT molecular complexity index is 549. The first-order valence-corrected chi connectivity index (χ1v) is 10.0. The number of carbonyl (C=O) groups is 1. The van der Waals surface area contributed by atoms with Crippen LogP contribution in [0.5, 0.6) is 0 Å². The highest BCUT2D eigenvalue weighted by Crippen LogP contribution is 2.32. The minimum atomic E-state index is -0.338. The van der Waals surface area contributed by atoms with E-state index in [1.807, 2.05) is 6.92 Å². The molecule has 2 rings (SSSR count). The summed E-state index contributed by atoms with van der Waals surface area (Å²) in [7, 11) is 0. The van der Waals surface area contributed by atoms with Gasteiger partial charge in [0.2, 0.25) is 0 Å². The molecule has 0 aliphatic heterocycles. The first-order chi connectivity index (χ1) is 12.1. The van der Waals surface area contributed by atoms with Gasteiger partial charge in [-0.1, -0.05) is 13.0 Å². The van der Waals surface area contributed by atoms with Crippen LogP contribution in [0.15, 0.2) is 22.5 Å². The Kier molecular flexibility index (Phi) is 11.0. The maximum atomic E-state index is 11.7. The summed E-state index contributed by atoms with van der Waals surface area (Å²) in [5.74, 6) is 1.72. The van der Waals surface area contributed by atoms with E-state index in [-0.39, 0.29) is 36.1 Å². The highest BCUT2D eigenvalue weighted by Gasteiger charge is 2.32. The number of nitrogens with one attached hydrogen (secondary N) is 3. The number of thiophene rings is 1. The van der Waals surface area contributed by atoms with E-state index in [0.29, 0.717) is 25.0 Å². The summed E-state index contributed by atoms with van der Waals surface area (Å²) in [4.78, 5) is 17.7. The Morgan fingerprint density at radius 3 is 2.73 bits per heavy atom. The predicted octanol–water partition coefficient (Wildman–Crippen LogP) is 3.55. The quantitative estimate of drug-likeness (QED) is 0.279. The van der Waals surface area contributed by atoms with Crippen LogP contribution in [-0.2, 0) is 4.74 Å². The van der Waals surface area contributed by atoms with Crippen LogP contribution in [0.3, 0.4) is 0 Å². The van der Waals surface area contributed by atoms with Crippen LogP contribution < -0.4 is 16.0 Å². The summed E-state index contributed by atoms with van der Waals surface area (Å²) in [5.41, 5.74) is 0. The SMILES string of the molecule is CCNC(=NCC(C)c1cccs1)NCC(NC(=O)OCC)C1CC1.I. The van der Waals surface area contributed by atoms with E-state index in [2.05, 4.69) is 47.3 Å². The molecule has 1 fully saturated rings. The fourth-order valence-electron chi connectivity index (χ4n) is 2.60. The summed E-state index contributed by atoms with van der Waals surface area (Å²) < 4.78 is 5.00. The van der Waals surface area contributed by atoms with E-state index in [1.165, 1.54) is 4.88 Å². The zero-order chi connectivity index (χ0) is 18.1. The van der Waals surface area contributed by atoms with Crippen molar-refractivity contribution in [1.29, 1.82) is 0 Å². The molecule has 2 atom stereocenters. The molecule has 1 aliphatic carbocycles. The average Bonchev–Trinajstić information content (AvgIpc) is 3.29. The highest BCUT2D eigenvalue weighted by atomic mass is 127. The van der Waals surface area contributed by atoms with Gasteiger partial charge in [-0.15, -0.1) is 35.3 Å². The molecule has 26 heavy (non-hydrogen) atoms. The number of carbonyl (C=O) groups excluding carboxylic acids is 1. The number of hydrogen-bond donors (Lipinski definition) is 3. The molecule has 0 radical (unpaired) electrons. The van der Waals surface area contributed by atoms with Crippen LogP contribution >= 0.6 is 35.3 Å².